The third kappa shape index (κ3) is 3.21. The molecule has 0 spiro atoms. The molecule has 1 aliphatic heterocycles. The van der Waals surface area contributed by atoms with E-state index in [4.69, 9.17) is 0 Å². The zero-order chi connectivity index (χ0) is 15.5. The van der Waals surface area contributed by atoms with Crippen molar-refractivity contribution in [2.45, 2.75) is 26.3 Å². The Kier molecular flexibility index (Phi) is 4.00. The number of rotatable bonds is 3. The number of aromatic nitrogens is 3. The molecule has 0 aromatic carbocycles. The number of amides is 1. The predicted molar refractivity (Wildman–Crippen MR) is 83.7 cm³/mol. The van der Waals surface area contributed by atoms with Crippen molar-refractivity contribution in [3.8, 4) is 0 Å². The molecule has 3 rings (SSSR count). The molecule has 1 amide bonds. The van der Waals surface area contributed by atoms with Crippen LogP contribution in [0.1, 0.15) is 28.3 Å². The number of hydrogen-bond donors (Lipinski definition) is 1. The van der Waals surface area contributed by atoms with Crippen LogP contribution in [0.15, 0.2) is 30.5 Å². The molecule has 1 fully saturated rings. The van der Waals surface area contributed by atoms with Crippen LogP contribution < -0.4 is 5.32 Å². The Hall–Kier alpha value is -2.50. The molecular weight excluding hydrogens is 278 g/mol. The molecule has 0 aliphatic carbocycles. The van der Waals surface area contributed by atoms with Gasteiger partial charge in [0.2, 0.25) is 5.95 Å². The Morgan fingerprint density at radius 1 is 1.27 bits per heavy atom. The zero-order valence-electron chi connectivity index (χ0n) is 12.8. The Morgan fingerprint density at radius 3 is 2.73 bits per heavy atom. The fraction of sp³-hybridized carbons (Fsp3) is 0.375. The number of carbonyl (C=O) groups is 1. The normalized spacial score (nSPS) is 17.5. The van der Waals surface area contributed by atoms with Gasteiger partial charge in [-0.2, -0.15) is 0 Å². The highest BCUT2D eigenvalue weighted by Gasteiger charge is 2.27. The summed E-state index contributed by atoms with van der Waals surface area (Å²) in [5.41, 5.74) is 2.37. The molecule has 1 atom stereocenters. The van der Waals surface area contributed by atoms with Gasteiger partial charge in [0.15, 0.2) is 0 Å². The number of hydrogen-bond acceptors (Lipinski definition) is 5. The summed E-state index contributed by atoms with van der Waals surface area (Å²) in [6.07, 6.45) is 2.53. The van der Waals surface area contributed by atoms with Gasteiger partial charge in [-0.1, -0.05) is 6.07 Å². The van der Waals surface area contributed by atoms with Crippen LogP contribution in [0.4, 0.5) is 5.95 Å². The largest absolute Gasteiger partial charge is 0.350 e. The Balaban J connectivity index is 1.64. The van der Waals surface area contributed by atoms with Gasteiger partial charge in [-0.15, -0.1) is 0 Å². The SMILES string of the molecule is Cc1cc(C)nc(NC2CCN(C(=O)c3ccccn3)C2)n1. The zero-order valence-corrected chi connectivity index (χ0v) is 12.8. The molecular formula is C16H19N5O. The molecule has 1 aliphatic rings. The second kappa shape index (κ2) is 6.09. The topological polar surface area (TPSA) is 71.0 Å². The third-order valence-electron chi connectivity index (χ3n) is 3.67. The van der Waals surface area contributed by atoms with E-state index in [0.29, 0.717) is 18.2 Å². The number of nitrogens with one attached hydrogen (secondary N) is 1. The van der Waals surface area contributed by atoms with Crippen LogP contribution in [0, 0.1) is 13.8 Å². The summed E-state index contributed by atoms with van der Waals surface area (Å²) in [5, 5.41) is 3.32. The van der Waals surface area contributed by atoms with E-state index in [1.54, 1.807) is 12.3 Å². The second-order valence-corrected chi connectivity index (χ2v) is 5.57. The van der Waals surface area contributed by atoms with E-state index in [-0.39, 0.29) is 11.9 Å². The number of aryl methyl sites for hydroxylation is 2. The summed E-state index contributed by atoms with van der Waals surface area (Å²) in [4.78, 5) is 27.1. The highest BCUT2D eigenvalue weighted by molar-refractivity contribution is 5.92. The maximum atomic E-state index is 12.4. The maximum Gasteiger partial charge on any atom is 0.272 e. The summed E-state index contributed by atoms with van der Waals surface area (Å²) < 4.78 is 0. The first-order valence-electron chi connectivity index (χ1n) is 7.41. The van der Waals surface area contributed by atoms with Crippen molar-refractivity contribution in [3.05, 3.63) is 47.5 Å². The first-order valence-corrected chi connectivity index (χ1v) is 7.41. The van der Waals surface area contributed by atoms with Crippen molar-refractivity contribution < 1.29 is 4.79 Å². The molecule has 2 aromatic rings. The van der Waals surface area contributed by atoms with Gasteiger partial charge in [-0.05, 0) is 38.5 Å². The van der Waals surface area contributed by atoms with Crippen LogP contribution in [-0.2, 0) is 0 Å². The van der Waals surface area contributed by atoms with Crippen LogP contribution in [0.25, 0.3) is 0 Å². The fourth-order valence-electron chi connectivity index (χ4n) is 2.69. The van der Waals surface area contributed by atoms with Crippen molar-refractivity contribution in [1.29, 1.82) is 0 Å². The molecule has 3 heterocycles. The number of pyridine rings is 1. The van der Waals surface area contributed by atoms with Crippen LogP contribution in [0.5, 0.6) is 0 Å². The minimum atomic E-state index is -0.0220. The number of anilines is 1. The third-order valence-corrected chi connectivity index (χ3v) is 3.67. The van der Waals surface area contributed by atoms with Gasteiger partial charge in [0.05, 0.1) is 0 Å². The van der Waals surface area contributed by atoms with Gasteiger partial charge in [0, 0.05) is 36.7 Å². The van der Waals surface area contributed by atoms with E-state index in [2.05, 4.69) is 20.3 Å². The molecule has 1 N–H and O–H groups in total. The van der Waals surface area contributed by atoms with Crippen LogP contribution >= 0.6 is 0 Å². The maximum absolute atomic E-state index is 12.4. The van der Waals surface area contributed by atoms with Gasteiger partial charge in [-0.3, -0.25) is 9.78 Å². The highest BCUT2D eigenvalue weighted by atomic mass is 16.2. The van der Waals surface area contributed by atoms with Gasteiger partial charge >= 0.3 is 0 Å². The molecule has 0 radical (unpaired) electrons. The molecule has 22 heavy (non-hydrogen) atoms. The fourth-order valence-corrected chi connectivity index (χ4v) is 2.69. The van der Waals surface area contributed by atoms with Gasteiger partial charge < -0.3 is 10.2 Å². The van der Waals surface area contributed by atoms with E-state index >= 15 is 0 Å². The van der Waals surface area contributed by atoms with E-state index in [9.17, 15) is 4.79 Å². The van der Waals surface area contributed by atoms with Crippen LogP contribution in [0.3, 0.4) is 0 Å². The Bertz CT molecular complexity index is 653. The van der Waals surface area contributed by atoms with Crippen molar-refractivity contribution >= 4 is 11.9 Å². The average Bonchev–Trinajstić information content (AvgIpc) is 2.95. The lowest BCUT2D eigenvalue weighted by atomic mass is 10.3. The van der Waals surface area contributed by atoms with Crippen LogP contribution in [-0.4, -0.2) is 44.9 Å². The van der Waals surface area contributed by atoms with E-state index < -0.39 is 0 Å². The van der Waals surface area contributed by atoms with Gasteiger partial charge in [0.1, 0.15) is 5.69 Å². The Morgan fingerprint density at radius 2 is 2.05 bits per heavy atom. The molecule has 2 aromatic heterocycles. The molecule has 1 saturated heterocycles. The minimum Gasteiger partial charge on any atom is -0.350 e. The van der Waals surface area contributed by atoms with E-state index in [0.717, 1.165) is 24.4 Å². The monoisotopic (exact) mass is 297 g/mol. The summed E-state index contributed by atoms with van der Waals surface area (Å²) in [7, 11) is 0. The summed E-state index contributed by atoms with van der Waals surface area (Å²) in [5.74, 6) is 0.612. The van der Waals surface area contributed by atoms with Gasteiger partial charge in [-0.25, -0.2) is 9.97 Å². The highest BCUT2D eigenvalue weighted by Crippen LogP contribution is 2.16. The lowest BCUT2D eigenvalue weighted by Crippen LogP contribution is -2.32. The second-order valence-electron chi connectivity index (χ2n) is 5.57. The van der Waals surface area contributed by atoms with Crippen molar-refractivity contribution in [2.75, 3.05) is 18.4 Å². The summed E-state index contributed by atoms with van der Waals surface area (Å²) in [6.45, 7) is 5.26. The lowest BCUT2D eigenvalue weighted by molar-refractivity contribution is 0.0786. The van der Waals surface area contributed by atoms with Gasteiger partial charge in [0.25, 0.3) is 5.91 Å². The standard InChI is InChI=1S/C16H19N5O/c1-11-9-12(2)19-16(18-11)20-13-6-8-21(10-13)15(22)14-5-3-4-7-17-14/h3-5,7,9,13H,6,8,10H2,1-2H3,(H,18,19,20). The summed E-state index contributed by atoms with van der Waals surface area (Å²) in [6, 6.07) is 7.50. The predicted octanol–water partition coefficient (Wildman–Crippen LogP) is 1.82. The lowest BCUT2D eigenvalue weighted by Gasteiger charge is -2.17. The quantitative estimate of drug-likeness (QED) is 0.935. The minimum absolute atomic E-state index is 0.0220. The number of likely N-dealkylation sites (tertiary alicyclic amines) is 1. The van der Waals surface area contributed by atoms with E-state index in [1.807, 2.05) is 36.9 Å². The molecule has 114 valence electrons. The number of nitrogens with zero attached hydrogens (tertiary/aromatic N) is 4. The van der Waals surface area contributed by atoms with Crippen molar-refractivity contribution in [3.63, 3.8) is 0 Å². The average molecular weight is 297 g/mol. The number of carbonyl (C=O) groups excluding carboxylic acids is 1. The smallest absolute Gasteiger partial charge is 0.272 e. The molecule has 0 saturated carbocycles. The van der Waals surface area contributed by atoms with E-state index in [1.165, 1.54) is 0 Å². The first-order chi connectivity index (χ1) is 10.6. The molecule has 6 heteroatoms. The summed E-state index contributed by atoms with van der Waals surface area (Å²) >= 11 is 0. The molecule has 6 nitrogen and oxygen atoms in total. The van der Waals surface area contributed by atoms with Crippen molar-refractivity contribution in [1.82, 2.24) is 19.9 Å². The van der Waals surface area contributed by atoms with Crippen LogP contribution in [0.2, 0.25) is 0 Å². The van der Waals surface area contributed by atoms with Crippen molar-refractivity contribution in [2.24, 2.45) is 0 Å². The molecule has 0 bridgehead atoms. The first kappa shape index (κ1) is 14.4. The molecule has 1 unspecified atom stereocenters. The Labute approximate surface area is 129 Å².